The third-order valence-corrected chi connectivity index (χ3v) is 2.25. The Balaban J connectivity index is 1.83. The van der Waals surface area contributed by atoms with Crippen molar-refractivity contribution in [2.24, 2.45) is 0 Å². The lowest BCUT2D eigenvalue weighted by Gasteiger charge is -2.04. The van der Waals surface area contributed by atoms with E-state index in [2.05, 4.69) is 4.98 Å². The highest BCUT2D eigenvalue weighted by atomic mass is 16.5. The second-order valence-corrected chi connectivity index (χ2v) is 3.64. The maximum atomic E-state index is 11.6. The zero-order valence-electron chi connectivity index (χ0n) is 9.37. The average Bonchev–Trinajstić information content (AvgIpc) is 2.39. The van der Waals surface area contributed by atoms with Crippen molar-refractivity contribution >= 4 is 5.78 Å². The Hall–Kier alpha value is -2.16. The van der Waals surface area contributed by atoms with Gasteiger partial charge in [-0.2, -0.15) is 0 Å². The van der Waals surface area contributed by atoms with E-state index in [4.69, 9.17) is 4.74 Å². The summed E-state index contributed by atoms with van der Waals surface area (Å²) in [5.41, 5.74) is 0.772. The number of hydrogen-bond acceptors (Lipinski definition) is 3. The van der Waals surface area contributed by atoms with E-state index in [9.17, 15) is 4.79 Å². The number of ketones is 1. The van der Waals surface area contributed by atoms with Crippen molar-refractivity contribution in [3.8, 4) is 5.75 Å². The fourth-order valence-electron chi connectivity index (χ4n) is 1.44. The second-order valence-electron chi connectivity index (χ2n) is 3.64. The summed E-state index contributed by atoms with van der Waals surface area (Å²) in [5, 5.41) is 0. The van der Waals surface area contributed by atoms with E-state index in [1.54, 1.807) is 6.20 Å². The van der Waals surface area contributed by atoms with Crippen molar-refractivity contribution in [2.75, 3.05) is 6.61 Å². The first-order valence-corrected chi connectivity index (χ1v) is 5.44. The molecule has 0 N–H and O–H groups in total. The van der Waals surface area contributed by atoms with Gasteiger partial charge < -0.3 is 4.74 Å². The van der Waals surface area contributed by atoms with Crippen LogP contribution in [0, 0.1) is 0 Å². The minimum Gasteiger partial charge on any atom is -0.486 e. The van der Waals surface area contributed by atoms with Crippen molar-refractivity contribution < 1.29 is 9.53 Å². The normalized spacial score (nSPS) is 9.88. The lowest BCUT2D eigenvalue weighted by molar-refractivity contribution is -0.120. The van der Waals surface area contributed by atoms with E-state index in [1.807, 2.05) is 48.5 Å². The Morgan fingerprint density at radius 2 is 1.82 bits per heavy atom. The lowest BCUT2D eigenvalue weighted by Crippen LogP contribution is -2.14. The van der Waals surface area contributed by atoms with Crippen molar-refractivity contribution in [2.45, 2.75) is 6.42 Å². The van der Waals surface area contributed by atoms with Crippen LogP contribution in [0.1, 0.15) is 5.69 Å². The topological polar surface area (TPSA) is 39.2 Å². The monoisotopic (exact) mass is 227 g/mol. The maximum absolute atomic E-state index is 11.6. The van der Waals surface area contributed by atoms with Crippen LogP contribution in [0.5, 0.6) is 5.75 Å². The van der Waals surface area contributed by atoms with Gasteiger partial charge in [0.1, 0.15) is 12.4 Å². The van der Waals surface area contributed by atoms with Gasteiger partial charge in [0.2, 0.25) is 0 Å². The van der Waals surface area contributed by atoms with Gasteiger partial charge in [-0.3, -0.25) is 9.78 Å². The number of Topliss-reactive ketones (excluding diaryl/α,β-unsaturated/α-hetero) is 1. The molecule has 2 rings (SSSR count). The molecule has 0 aliphatic carbocycles. The van der Waals surface area contributed by atoms with Crippen LogP contribution < -0.4 is 4.74 Å². The minimum atomic E-state index is 0.0209. The Kier molecular flexibility index (Phi) is 3.86. The summed E-state index contributed by atoms with van der Waals surface area (Å²) in [5.74, 6) is 0.731. The van der Waals surface area contributed by atoms with Crippen LogP contribution in [-0.2, 0) is 11.2 Å². The van der Waals surface area contributed by atoms with Crippen molar-refractivity contribution in [1.82, 2.24) is 4.98 Å². The van der Waals surface area contributed by atoms with Crippen molar-refractivity contribution in [1.29, 1.82) is 0 Å². The number of ether oxygens (including phenoxy) is 1. The highest BCUT2D eigenvalue weighted by Gasteiger charge is 2.05. The molecule has 0 radical (unpaired) electrons. The number of para-hydroxylation sites is 1. The molecule has 0 spiro atoms. The van der Waals surface area contributed by atoms with Gasteiger partial charge >= 0.3 is 0 Å². The lowest BCUT2D eigenvalue weighted by atomic mass is 10.2. The van der Waals surface area contributed by atoms with Gasteiger partial charge in [-0.05, 0) is 24.3 Å². The molecule has 1 aromatic heterocycles. The van der Waals surface area contributed by atoms with Crippen molar-refractivity contribution in [3.05, 3.63) is 60.4 Å². The third kappa shape index (κ3) is 3.72. The summed E-state index contributed by atoms with van der Waals surface area (Å²) in [7, 11) is 0. The van der Waals surface area contributed by atoms with E-state index in [1.165, 1.54) is 0 Å². The van der Waals surface area contributed by atoms with E-state index in [0.717, 1.165) is 5.69 Å². The standard InChI is InChI=1S/C14H13NO2/c16-13(10-12-6-4-5-9-15-12)11-17-14-7-2-1-3-8-14/h1-9H,10-11H2. The molecule has 86 valence electrons. The molecule has 3 nitrogen and oxygen atoms in total. The van der Waals surface area contributed by atoms with Gasteiger partial charge in [0.25, 0.3) is 0 Å². The van der Waals surface area contributed by atoms with Crippen LogP contribution in [0.2, 0.25) is 0 Å². The van der Waals surface area contributed by atoms with Gasteiger partial charge in [0, 0.05) is 11.9 Å². The van der Waals surface area contributed by atoms with E-state index in [0.29, 0.717) is 12.2 Å². The minimum absolute atomic E-state index is 0.0209. The van der Waals surface area contributed by atoms with E-state index < -0.39 is 0 Å². The van der Waals surface area contributed by atoms with Crippen LogP contribution in [0.4, 0.5) is 0 Å². The first-order chi connectivity index (χ1) is 8.34. The molecular formula is C14H13NO2. The van der Waals surface area contributed by atoms with Crippen LogP contribution in [0.3, 0.4) is 0 Å². The summed E-state index contributed by atoms with van der Waals surface area (Å²) in [6.45, 7) is 0.0839. The fourth-order valence-corrected chi connectivity index (χ4v) is 1.44. The summed E-state index contributed by atoms with van der Waals surface area (Å²) in [6.07, 6.45) is 1.99. The van der Waals surface area contributed by atoms with Crippen LogP contribution in [-0.4, -0.2) is 17.4 Å². The van der Waals surface area contributed by atoms with Gasteiger partial charge in [0.15, 0.2) is 5.78 Å². The number of carbonyl (C=O) groups excluding carboxylic acids is 1. The predicted octanol–water partition coefficient (Wildman–Crippen LogP) is 2.27. The Morgan fingerprint density at radius 3 is 2.53 bits per heavy atom. The van der Waals surface area contributed by atoms with Gasteiger partial charge in [-0.15, -0.1) is 0 Å². The zero-order chi connectivity index (χ0) is 11.9. The third-order valence-electron chi connectivity index (χ3n) is 2.25. The number of rotatable bonds is 5. The summed E-state index contributed by atoms with van der Waals surface area (Å²) < 4.78 is 5.36. The first-order valence-electron chi connectivity index (χ1n) is 5.44. The van der Waals surface area contributed by atoms with Crippen molar-refractivity contribution in [3.63, 3.8) is 0 Å². The molecule has 0 bridgehead atoms. The zero-order valence-corrected chi connectivity index (χ0v) is 9.37. The highest BCUT2D eigenvalue weighted by molar-refractivity contribution is 5.81. The second kappa shape index (κ2) is 5.80. The molecule has 1 heterocycles. The van der Waals surface area contributed by atoms with Gasteiger partial charge in [0.05, 0.1) is 6.42 Å². The molecule has 17 heavy (non-hydrogen) atoms. The average molecular weight is 227 g/mol. The fraction of sp³-hybridized carbons (Fsp3) is 0.143. The molecular weight excluding hydrogens is 214 g/mol. The van der Waals surface area contributed by atoms with Gasteiger partial charge in [-0.25, -0.2) is 0 Å². The molecule has 0 aliphatic rings. The largest absolute Gasteiger partial charge is 0.486 e. The molecule has 0 unspecified atom stereocenters. The quantitative estimate of drug-likeness (QED) is 0.786. The Bertz CT molecular complexity index is 468. The predicted molar refractivity (Wildman–Crippen MR) is 64.9 cm³/mol. The Morgan fingerprint density at radius 1 is 1.06 bits per heavy atom. The number of hydrogen-bond donors (Lipinski definition) is 0. The molecule has 0 fully saturated rings. The number of pyridine rings is 1. The SMILES string of the molecule is O=C(COc1ccccc1)Cc1ccccn1. The molecule has 0 saturated carbocycles. The molecule has 0 atom stereocenters. The van der Waals surface area contributed by atoms with Crippen LogP contribution in [0.25, 0.3) is 0 Å². The number of carbonyl (C=O) groups is 1. The highest BCUT2D eigenvalue weighted by Crippen LogP contribution is 2.08. The van der Waals surface area contributed by atoms with Crippen LogP contribution >= 0.6 is 0 Å². The maximum Gasteiger partial charge on any atom is 0.176 e. The molecule has 0 amide bonds. The number of benzene rings is 1. The Labute approximate surface area is 100 Å². The van der Waals surface area contributed by atoms with Gasteiger partial charge in [-0.1, -0.05) is 24.3 Å². The summed E-state index contributed by atoms with van der Waals surface area (Å²) in [4.78, 5) is 15.7. The molecule has 0 aliphatic heterocycles. The van der Waals surface area contributed by atoms with Crippen LogP contribution in [0.15, 0.2) is 54.7 Å². The molecule has 0 saturated heterocycles. The number of nitrogens with zero attached hydrogens (tertiary/aromatic N) is 1. The first kappa shape index (κ1) is 11.3. The molecule has 2 aromatic rings. The summed E-state index contributed by atoms with van der Waals surface area (Å²) in [6, 6.07) is 14.8. The molecule has 3 heteroatoms. The van der Waals surface area contributed by atoms with E-state index >= 15 is 0 Å². The smallest absolute Gasteiger partial charge is 0.176 e. The van der Waals surface area contributed by atoms with E-state index in [-0.39, 0.29) is 12.4 Å². The number of aromatic nitrogens is 1. The molecule has 1 aromatic carbocycles. The summed E-state index contributed by atoms with van der Waals surface area (Å²) >= 11 is 0.